The summed E-state index contributed by atoms with van der Waals surface area (Å²) in [5, 5.41) is 3.98. The van der Waals surface area contributed by atoms with Crippen LogP contribution in [0.2, 0.25) is 0 Å². The largest absolute Gasteiger partial charge is 0.397 e. The molecule has 0 aromatic carbocycles. The van der Waals surface area contributed by atoms with Gasteiger partial charge < -0.3 is 16.0 Å². The molecule has 3 N–H and O–H groups in total. The Morgan fingerprint density at radius 2 is 1.89 bits per heavy atom. The molecule has 19 heavy (non-hydrogen) atoms. The second-order valence-electron chi connectivity index (χ2n) is 4.61. The summed E-state index contributed by atoms with van der Waals surface area (Å²) in [5.41, 5.74) is 6.56. The van der Waals surface area contributed by atoms with Crippen molar-refractivity contribution < 1.29 is 4.79 Å². The lowest BCUT2D eigenvalue weighted by atomic mass is 10.3. The van der Waals surface area contributed by atoms with Gasteiger partial charge in [0, 0.05) is 19.6 Å². The molecule has 0 saturated heterocycles. The van der Waals surface area contributed by atoms with E-state index in [2.05, 4.69) is 24.1 Å². The van der Waals surface area contributed by atoms with Crippen molar-refractivity contribution >= 4 is 27.9 Å². The Balaban J connectivity index is 2.84. The number of nitrogens with two attached hydrogens (primary N) is 1. The molecule has 108 valence electrons. The number of thiophene rings is 1. The van der Waals surface area contributed by atoms with Crippen molar-refractivity contribution in [2.75, 3.05) is 30.3 Å². The van der Waals surface area contributed by atoms with E-state index < -0.39 is 0 Å². The first-order valence-corrected chi connectivity index (χ1v) is 7.88. The molecule has 0 atom stereocenters. The quantitative estimate of drug-likeness (QED) is 0.771. The SMILES string of the molecule is CCCNC(=O)c1sc(N(CCC)CCC)cc1N. The highest BCUT2D eigenvalue weighted by molar-refractivity contribution is 7.18. The molecule has 1 rings (SSSR count). The number of amides is 1. The van der Waals surface area contributed by atoms with Crippen molar-refractivity contribution in [2.24, 2.45) is 0 Å². The van der Waals surface area contributed by atoms with Crippen LogP contribution in [-0.2, 0) is 0 Å². The summed E-state index contributed by atoms with van der Waals surface area (Å²) in [5.74, 6) is -0.0523. The van der Waals surface area contributed by atoms with Gasteiger partial charge in [0.25, 0.3) is 5.91 Å². The molecule has 0 bridgehead atoms. The van der Waals surface area contributed by atoms with Gasteiger partial charge in [0.2, 0.25) is 0 Å². The van der Waals surface area contributed by atoms with Crippen molar-refractivity contribution in [3.05, 3.63) is 10.9 Å². The monoisotopic (exact) mass is 283 g/mol. The molecule has 0 fully saturated rings. The molecule has 0 radical (unpaired) electrons. The van der Waals surface area contributed by atoms with E-state index in [0.29, 0.717) is 17.1 Å². The molecular formula is C14H25N3OS. The molecule has 1 heterocycles. The zero-order valence-corrected chi connectivity index (χ0v) is 13.0. The molecule has 1 aromatic rings. The van der Waals surface area contributed by atoms with Crippen molar-refractivity contribution in [2.45, 2.75) is 40.0 Å². The third kappa shape index (κ3) is 4.42. The minimum Gasteiger partial charge on any atom is -0.397 e. The predicted octanol–water partition coefficient (Wildman–Crippen LogP) is 3.10. The van der Waals surface area contributed by atoms with Gasteiger partial charge in [-0.3, -0.25) is 4.79 Å². The van der Waals surface area contributed by atoms with E-state index in [9.17, 15) is 4.79 Å². The number of rotatable bonds is 8. The van der Waals surface area contributed by atoms with Crippen LogP contribution in [0.4, 0.5) is 10.7 Å². The van der Waals surface area contributed by atoms with E-state index >= 15 is 0 Å². The molecule has 0 spiro atoms. The Morgan fingerprint density at radius 3 is 2.42 bits per heavy atom. The van der Waals surface area contributed by atoms with Gasteiger partial charge in [-0.2, -0.15) is 0 Å². The molecule has 1 aromatic heterocycles. The van der Waals surface area contributed by atoms with Crippen LogP contribution in [0.15, 0.2) is 6.07 Å². The minimum absolute atomic E-state index is 0.0523. The van der Waals surface area contributed by atoms with Crippen molar-refractivity contribution in [3.63, 3.8) is 0 Å². The Bertz CT molecular complexity index is 397. The van der Waals surface area contributed by atoms with Crippen LogP contribution in [0.5, 0.6) is 0 Å². The van der Waals surface area contributed by atoms with E-state index in [1.807, 2.05) is 13.0 Å². The average molecular weight is 283 g/mol. The van der Waals surface area contributed by atoms with Gasteiger partial charge in [0.1, 0.15) is 4.88 Å². The zero-order valence-electron chi connectivity index (χ0n) is 12.2. The Morgan fingerprint density at radius 1 is 1.26 bits per heavy atom. The number of nitrogen functional groups attached to an aromatic ring is 1. The van der Waals surface area contributed by atoms with Gasteiger partial charge in [-0.05, 0) is 25.3 Å². The summed E-state index contributed by atoms with van der Waals surface area (Å²) in [4.78, 5) is 14.9. The van der Waals surface area contributed by atoms with Crippen LogP contribution in [-0.4, -0.2) is 25.5 Å². The Hall–Kier alpha value is -1.23. The average Bonchev–Trinajstić information content (AvgIpc) is 2.78. The lowest BCUT2D eigenvalue weighted by Crippen LogP contribution is -2.24. The fourth-order valence-electron chi connectivity index (χ4n) is 1.92. The van der Waals surface area contributed by atoms with E-state index in [1.54, 1.807) is 0 Å². The lowest BCUT2D eigenvalue weighted by Gasteiger charge is -2.21. The fraction of sp³-hybridized carbons (Fsp3) is 0.643. The van der Waals surface area contributed by atoms with Gasteiger partial charge in [-0.25, -0.2) is 0 Å². The summed E-state index contributed by atoms with van der Waals surface area (Å²) in [6.45, 7) is 9.06. The molecule has 5 heteroatoms. The van der Waals surface area contributed by atoms with Gasteiger partial charge in [-0.15, -0.1) is 11.3 Å². The van der Waals surface area contributed by atoms with Crippen LogP contribution in [0.25, 0.3) is 0 Å². The third-order valence-corrected chi connectivity index (χ3v) is 4.00. The maximum atomic E-state index is 12.0. The fourth-order valence-corrected chi connectivity index (χ4v) is 2.96. The zero-order chi connectivity index (χ0) is 14.3. The van der Waals surface area contributed by atoms with Crippen LogP contribution in [0.1, 0.15) is 49.7 Å². The third-order valence-electron chi connectivity index (χ3n) is 2.79. The predicted molar refractivity (Wildman–Crippen MR) is 84.2 cm³/mol. The smallest absolute Gasteiger partial charge is 0.263 e. The minimum atomic E-state index is -0.0523. The number of hydrogen-bond acceptors (Lipinski definition) is 4. The second kappa shape index (κ2) is 8.04. The summed E-state index contributed by atoms with van der Waals surface area (Å²) in [6, 6.07) is 1.93. The number of hydrogen-bond donors (Lipinski definition) is 2. The molecule has 0 aliphatic heterocycles. The van der Waals surface area contributed by atoms with Crippen LogP contribution < -0.4 is 16.0 Å². The van der Waals surface area contributed by atoms with Crippen LogP contribution in [0, 0.1) is 0 Å². The molecule has 1 amide bonds. The molecule has 0 unspecified atom stereocenters. The maximum absolute atomic E-state index is 12.0. The summed E-state index contributed by atoms with van der Waals surface area (Å²) in [7, 11) is 0. The first kappa shape index (κ1) is 15.8. The summed E-state index contributed by atoms with van der Waals surface area (Å²) in [6.07, 6.45) is 3.12. The molecular weight excluding hydrogens is 258 g/mol. The standard InChI is InChI=1S/C14H25N3OS/c1-4-7-16-14(18)13-11(15)10-12(19-13)17(8-5-2)9-6-3/h10H,4-9,15H2,1-3H3,(H,16,18). The van der Waals surface area contributed by atoms with Crippen LogP contribution in [0.3, 0.4) is 0 Å². The number of nitrogens with zero attached hydrogens (tertiary/aromatic N) is 1. The Kier molecular flexibility index (Phi) is 6.70. The number of nitrogens with one attached hydrogen (secondary N) is 1. The second-order valence-corrected chi connectivity index (χ2v) is 5.64. The molecule has 0 saturated carbocycles. The van der Waals surface area contributed by atoms with Crippen LogP contribution >= 0.6 is 11.3 Å². The highest BCUT2D eigenvalue weighted by atomic mass is 32.1. The van der Waals surface area contributed by atoms with Gasteiger partial charge >= 0.3 is 0 Å². The molecule has 0 aliphatic carbocycles. The highest BCUT2D eigenvalue weighted by Crippen LogP contribution is 2.32. The Labute approximate surface area is 120 Å². The number of carbonyl (C=O) groups excluding carboxylic acids is 1. The summed E-state index contributed by atoms with van der Waals surface area (Å²) < 4.78 is 0. The first-order valence-electron chi connectivity index (χ1n) is 7.06. The maximum Gasteiger partial charge on any atom is 0.263 e. The van der Waals surface area contributed by atoms with Crippen molar-refractivity contribution in [1.82, 2.24) is 5.32 Å². The lowest BCUT2D eigenvalue weighted by molar-refractivity contribution is 0.0958. The van der Waals surface area contributed by atoms with Crippen molar-refractivity contribution in [1.29, 1.82) is 0 Å². The van der Waals surface area contributed by atoms with E-state index in [4.69, 9.17) is 5.73 Å². The van der Waals surface area contributed by atoms with Gasteiger partial charge in [0.05, 0.1) is 10.7 Å². The highest BCUT2D eigenvalue weighted by Gasteiger charge is 2.16. The van der Waals surface area contributed by atoms with E-state index in [1.165, 1.54) is 11.3 Å². The van der Waals surface area contributed by atoms with Gasteiger partial charge in [0.15, 0.2) is 0 Å². The number of carbonyl (C=O) groups is 1. The summed E-state index contributed by atoms with van der Waals surface area (Å²) >= 11 is 1.49. The number of anilines is 2. The first-order chi connectivity index (χ1) is 9.13. The van der Waals surface area contributed by atoms with Crippen molar-refractivity contribution in [3.8, 4) is 0 Å². The molecule has 4 nitrogen and oxygen atoms in total. The molecule has 0 aliphatic rings. The van der Waals surface area contributed by atoms with E-state index in [0.717, 1.165) is 37.4 Å². The van der Waals surface area contributed by atoms with Gasteiger partial charge in [-0.1, -0.05) is 20.8 Å². The van der Waals surface area contributed by atoms with E-state index in [-0.39, 0.29) is 5.91 Å². The normalized spacial score (nSPS) is 10.5. The topological polar surface area (TPSA) is 58.4 Å².